The van der Waals surface area contributed by atoms with Crippen LogP contribution in [0, 0.1) is 0 Å². The smallest absolute Gasteiger partial charge is 0.315 e. The maximum Gasteiger partial charge on any atom is 0.315 e. The van der Waals surface area contributed by atoms with Gasteiger partial charge in [0.2, 0.25) is 5.91 Å². The van der Waals surface area contributed by atoms with Crippen molar-refractivity contribution in [2.24, 2.45) is 7.05 Å². The number of amides is 3. The Labute approximate surface area is 119 Å². The Morgan fingerprint density at radius 2 is 2.10 bits per heavy atom. The Hall–Kier alpha value is -2.05. The second-order valence-electron chi connectivity index (χ2n) is 4.91. The van der Waals surface area contributed by atoms with E-state index >= 15 is 0 Å². The fourth-order valence-electron chi connectivity index (χ4n) is 1.90. The minimum absolute atomic E-state index is 0.143. The Balaban J connectivity index is 2.49. The van der Waals surface area contributed by atoms with Gasteiger partial charge in [0, 0.05) is 39.4 Å². The van der Waals surface area contributed by atoms with Crippen LogP contribution in [0.15, 0.2) is 6.20 Å². The molecular weight excluding hydrogens is 258 g/mol. The minimum Gasteiger partial charge on any atom is -0.347 e. The number of hydrogen-bond donors (Lipinski definition) is 2. The summed E-state index contributed by atoms with van der Waals surface area (Å²) in [4.78, 5) is 24.8. The third kappa shape index (κ3) is 4.25. The number of hydrogen-bond acceptors (Lipinski definition) is 3. The van der Waals surface area contributed by atoms with Crippen molar-refractivity contribution >= 4 is 11.9 Å². The van der Waals surface area contributed by atoms with E-state index in [-0.39, 0.29) is 11.9 Å². The summed E-state index contributed by atoms with van der Waals surface area (Å²) in [6.45, 7) is 4.07. The lowest BCUT2D eigenvalue weighted by molar-refractivity contribution is -0.130. The van der Waals surface area contributed by atoms with Gasteiger partial charge in [0.15, 0.2) is 0 Å². The zero-order valence-electron chi connectivity index (χ0n) is 12.7. The SMILES string of the molecule is CCc1nn(C)cc1CNC(=O)N[C@@H](C)C(=O)N(C)C. The van der Waals surface area contributed by atoms with Gasteiger partial charge in [-0.1, -0.05) is 6.92 Å². The molecule has 1 aromatic heterocycles. The molecule has 0 unspecified atom stereocenters. The average Bonchev–Trinajstić information content (AvgIpc) is 2.75. The summed E-state index contributed by atoms with van der Waals surface area (Å²) in [5, 5.41) is 9.65. The number of carbonyl (C=O) groups excluding carboxylic acids is 2. The summed E-state index contributed by atoms with van der Waals surface area (Å²) in [6.07, 6.45) is 2.70. The molecule has 0 aliphatic heterocycles. The first kappa shape index (κ1) is 16.0. The van der Waals surface area contributed by atoms with Crippen LogP contribution in [0.5, 0.6) is 0 Å². The number of carbonyl (C=O) groups is 2. The molecule has 0 fully saturated rings. The number of aryl methyl sites for hydroxylation is 2. The fraction of sp³-hybridized carbons (Fsp3) is 0.615. The van der Waals surface area contributed by atoms with Crippen molar-refractivity contribution in [1.29, 1.82) is 0 Å². The predicted molar refractivity (Wildman–Crippen MR) is 76.1 cm³/mol. The molecular formula is C13H23N5O2. The molecule has 1 atom stereocenters. The van der Waals surface area contributed by atoms with Gasteiger partial charge in [-0.15, -0.1) is 0 Å². The molecule has 0 aliphatic rings. The maximum atomic E-state index is 11.7. The zero-order valence-corrected chi connectivity index (χ0v) is 12.7. The molecule has 0 aliphatic carbocycles. The first-order valence-electron chi connectivity index (χ1n) is 6.62. The summed E-state index contributed by atoms with van der Waals surface area (Å²) in [7, 11) is 5.16. The van der Waals surface area contributed by atoms with Crippen LogP contribution in [0.2, 0.25) is 0 Å². The molecule has 0 bridgehead atoms. The topological polar surface area (TPSA) is 79.3 Å². The predicted octanol–water partition coefficient (Wildman–Crippen LogP) is 0.258. The van der Waals surface area contributed by atoms with Crippen LogP contribution in [0.3, 0.4) is 0 Å². The van der Waals surface area contributed by atoms with Gasteiger partial charge in [-0.05, 0) is 13.3 Å². The Morgan fingerprint density at radius 3 is 2.65 bits per heavy atom. The molecule has 0 radical (unpaired) electrons. The van der Waals surface area contributed by atoms with Crippen LogP contribution >= 0.6 is 0 Å². The standard InChI is InChI=1S/C13H23N5O2/c1-6-11-10(8-18(5)16-11)7-14-13(20)15-9(2)12(19)17(3)4/h8-9H,6-7H2,1-5H3,(H2,14,15,20)/t9-/m0/s1. The Kier molecular flexibility index (Phi) is 5.54. The van der Waals surface area contributed by atoms with Crippen LogP contribution in [-0.2, 0) is 24.8 Å². The highest BCUT2D eigenvalue weighted by Crippen LogP contribution is 2.06. The van der Waals surface area contributed by atoms with E-state index in [0.717, 1.165) is 17.7 Å². The van der Waals surface area contributed by atoms with Gasteiger partial charge >= 0.3 is 6.03 Å². The molecule has 0 saturated carbocycles. The molecule has 0 aromatic carbocycles. The Morgan fingerprint density at radius 1 is 1.45 bits per heavy atom. The summed E-state index contributed by atoms with van der Waals surface area (Å²) in [5.74, 6) is -0.143. The summed E-state index contributed by atoms with van der Waals surface area (Å²) >= 11 is 0. The lowest BCUT2D eigenvalue weighted by Crippen LogP contribution is -2.47. The average molecular weight is 281 g/mol. The van der Waals surface area contributed by atoms with Crippen molar-refractivity contribution in [3.8, 4) is 0 Å². The van der Waals surface area contributed by atoms with E-state index in [1.807, 2.05) is 20.2 Å². The quantitative estimate of drug-likeness (QED) is 0.812. The zero-order chi connectivity index (χ0) is 15.3. The van der Waals surface area contributed by atoms with Crippen LogP contribution in [-0.4, -0.2) is 46.8 Å². The van der Waals surface area contributed by atoms with Crippen molar-refractivity contribution < 1.29 is 9.59 Å². The van der Waals surface area contributed by atoms with Gasteiger partial charge in [-0.25, -0.2) is 4.79 Å². The molecule has 3 amide bonds. The summed E-state index contributed by atoms with van der Waals surface area (Å²) in [6, 6.07) is -0.914. The van der Waals surface area contributed by atoms with E-state index in [2.05, 4.69) is 15.7 Å². The fourth-order valence-corrected chi connectivity index (χ4v) is 1.90. The van der Waals surface area contributed by atoms with E-state index in [0.29, 0.717) is 6.54 Å². The van der Waals surface area contributed by atoms with E-state index < -0.39 is 6.04 Å². The molecule has 1 rings (SSSR count). The third-order valence-electron chi connectivity index (χ3n) is 2.92. The van der Waals surface area contributed by atoms with Crippen molar-refractivity contribution in [3.63, 3.8) is 0 Å². The molecule has 7 nitrogen and oxygen atoms in total. The van der Waals surface area contributed by atoms with Crippen molar-refractivity contribution in [3.05, 3.63) is 17.5 Å². The number of aromatic nitrogens is 2. The van der Waals surface area contributed by atoms with E-state index in [9.17, 15) is 9.59 Å². The molecule has 1 heterocycles. The van der Waals surface area contributed by atoms with Crippen molar-refractivity contribution in [1.82, 2.24) is 25.3 Å². The van der Waals surface area contributed by atoms with Gasteiger partial charge in [0.25, 0.3) is 0 Å². The van der Waals surface area contributed by atoms with Crippen molar-refractivity contribution in [2.45, 2.75) is 32.9 Å². The molecule has 7 heteroatoms. The normalized spacial score (nSPS) is 11.8. The van der Waals surface area contributed by atoms with E-state index in [1.165, 1.54) is 4.90 Å². The number of likely N-dealkylation sites (N-methyl/N-ethyl adjacent to an activating group) is 1. The number of nitrogens with one attached hydrogen (secondary N) is 2. The molecule has 20 heavy (non-hydrogen) atoms. The van der Waals surface area contributed by atoms with Gasteiger partial charge in [-0.3, -0.25) is 9.48 Å². The summed E-state index contributed by atoms with van der Waals surface area (Å²) in [5.41, 5.74) is 1.95. The number of urea groups is 1. The minimum atomic E-state index is -0.551. The second-order valence-corrected chi connectivity index (χ2v) is 4.91. The molecule has 1 aromatic rings. The van der Waals surface area contributed by atoms with Crippen LogP contribution in [0.25, 0.3) is 0 Å². The number of rotatable bonds is 5. The molecule has 2 N–H and O–H groups in total. The van der Waals surface area contributed by atoms with E-state index in [1.54, 1.807) is 25.7 Å². The van der Waals surface area contributed by atoms with E-state index in [4.69, 9.17) is 0 Å². The van der Waals surface area contributed by atoms with Crippen LogP contribution in [0.4, 0.5) is 4.79 Å². The monoisotopic (exact) mass is 281 g/mol. The summed E-state index contributed by atoms with van der Waals surface area (Å²) < 4.78 is 1.73. The Bertz CT molecular complexity index is 481. The van der Waals surface area contributed by atoms with Gasteiger partial charge in [0.05, 0.1) is 5.69 Å². The highest BCUT2D eigenvalue weighted by Gasteiger charge is 2.17. The first-order valence-corrected chi connectivity index (χ1v) is 6.62. The third-order valence-corrected chi connectivity index (χ3v) is 2.92. The molecule has 0 spiro atoms. The van der Waals surface area contributed by atoms with Gasteiger partial charge < -0.3 is 15.5 Å². The lowest BCUT2D eigenvalue weighted by Gasteiger charge is -2.18. The lowest BCUT2D eigenvalue weighted by atomic mass is 10.2. The van der Waals surface area contributed by atoms with Gasteiger partial charge in [-0.2, -0.15) is 5.10 Å². The van der Waals surface area contributed by atoms with Crippen LogP contribution < -0.4 is 10.6 Å². The highest BCUT2D eigenvalue weighted by molar-refractivity contribution is 5.86. The second kappa shape index (κ2) is 6.93. The van der Waals surface area contributed by atoms with Gasteiger partial charge in [0.1, 0.15) is 6.04 Å². The van der Waals surface area contributed by atoms with Crippen LogP contribution in [0.1, 0.15) is 25.1 Å². The van der Waals surface area contributed by atoms with Crippen molar-refractivity contribution in [2.75, 3.05) is 14.1 Å². The largest absolute Gasteiger partial charge is 0.347 e. The first-order chi connectivity index (χ1) is 9.35. The highest BCUT2D eigenvalue weighted by atomic mass is 16.2. The maximum absolute atomic E-state index is 11.7. The molecule has 0 saturated heterocycles. The number of nitrogens with zero attached hydrogens (tertiary/aromatic N) is 3. The molecule has 112 valence electrons.